The van der Waals surface area contributed by atoms with Crippen molar-refractivity contribution in [3.63, 3.8) is 0 Å². The van der Waals surface area contributed by atoms with Crippen LogP contribution >= 0.6 is 0 Å². The van der Waals surface area contributed by atoms with E-state index in [1.165, 1.54) is 0 Å². The van der Waals surface area contributed by atoms with Crippen LogP contribution in [0.5, 0.6) is 0 Å². The van der Waals surface area contributed by atoms with Crippen molar-refractivity contribution in [1.29, 1.82) is 0 Å². The first-order chi connectivity index (χ1) is 9.43. The molecule has 4 heteroatoms. The number of anilines is 1. The molecule has 112 valence electrons. The fraction of sp³-hybridized carbons (Fsp3) is 0.562. The molecule has 0 saturated carbocycles. The van der Waals surface area contributed by atoms with Crippen molar-refractivity contribution in [2.24, 2.45) is 17.6 Å². The Morgan fingerprint density at radius 1 is 1.30 bits per heavy atom. The maximum atomic E-state index is 12.3. The molecule has 1 aromatic rings. The summed E-state index contributed by atoms with van der Waals surface area (Å²) in [6.07, 6.45) is 0.818. The number of hydrogen-bond donors (Lipinski definition) is 2. The van der Waals surface area contributed by atoms with Gasteiger partial charge in [0.2, 0.25) is 5.91 Å². The summed E-state index contributed by atoms with van der Waals surface area (Å²) < 4.78 is 0. The van der Waals surface area contributed by atoms with Crippen LogP contribution in [-0.4, -0.2) is 31.4 Å². The van der Waals surface area contributed by atoms with E-state index in [1.54, 1.807) is 0 Å². The molecule has 1 unspecified atom stereocenters. The quantitative estimate of drug-likeness (QED) is 0.804. The van der Waals surface area contributed by atoms with Crippen molar-refractivity contribution in [1.82, 2.24) is 4.90 Å². The fourth-order valence-corrected chi connectivity index (χ4v) is 2.23. The zero-order valence-electron chi connectivity index (χ0n) is 13.0. The fourth-order valence-electron chi connectivity index (χ4n) is 2.23. The summed E-state index contributed by atoms with van der Waals surface area (Å²) in [5.41, 5.74) is 7.72. The van der Waals surface area contributed by atoms with Crippen molar-refractivity contribution in [2.75, 3.05) is 26.0 Å². The smallest absolute Gasteiger partial charge is 0.228 e. The molecular weight excluding hydrogens is 250 g/mol. The molecular formula is C16H27N3O. The number of nitrogens with two attached hydrogens (primary N) is 1. The molecule has 1 rings (SSSR count). The molecule has 4 nitrogen and oxygen atoms in total. The second kappa shape index (κ2) is 8.02. The molecule has 1 amide bonds. The molecule has 0 spiro atoms. The van der Waals surface area contributed by atoms with Crippen molar-refractivity contribution >= 4 is 11.6 Å². The Labute approximate surface area is 122 Å². The van der Waals surface area contributed by atoms with Gasteiger partial charge in [-0.15, -0.1) is 0 Å². The Balaban J connectivity index is 2.78. The number of amides is 1. The van der Waals surface area contributed by atoms with Gasteiger partial charge in [-0.1, -0.05) is 32.0 Å². The lowest BCUT2D eigenvalue weighted by atomic mass is 9.96. The van der Waals surface area contributed by atoms with Crippen LogP contribution in [0.15, 0.2) is 24.3 Å². The van der Waals surface area contributed by atoms with Crippen molar-refractivity contribution in [2.45, 2.75) is 26.8 Å². The number of para-hydroxylation sites is 1. The van der Waals surface area contributed by atoms with E-state index in [-0.39, 0.29) is 11.8 Å². The molecule has 3 N–H and O–H groups in total. The molecule has 0 aliphatic heterocycles. The average Bonchev–Trinajstić information content (AvgIpc) is 2.37. The number of nitrogens with zero attached hydrogens (tertiary/aromatic N) is 1. The summed E-state index contributed by atoms with van der Waals surface area (Å²) in [4.78, 5) is 14.4. The molecule has 0 heterocycles. The first kappa shape index (κ1) is 16.7. The van der Waals surface area contributed by atoms with Gasteiger partial charge in [0.15, 0.2) is 0 Å². The number of rotatable bonds is 7. The van der Waals surface area contributed by atoms with Crippen LogP contribution < -0.4 is 11.1 Å². The Bertz CT molecular complexity index is 429. The second-order valence-electron chi connectivity index (χ2n) is 5.95. The highest BCUT2D eigenvalue weighted by Crippen LogP contribution is 2.19. The van der Waals surface area contributed by atoms with Crippen molar-refractivity contribution in [3.8, 4) is 0 Å². The predicted molar refractivity (Wildman–Crippen MR) is 84.5 cm³/mol. The second-order valence-corrected chi connectivity index (χ2v) is 5.95. The van der Waals surface area contributed by atoms with Crippen LogP contribution in [0.1, 0.15) is 25.8 Å². The molecule has 0 fully saturated rings. The van der Waals surface area contributed by atoms with Crippen molar-refractivity contribution in [3.05, 3.63) is 29.8 Å². The van der Waals surface area contributed by atoms with Gasteiger partial charge in [0.1, 0.15) is 0 Å². The Morgan fingerprint density at radius 2 is 1.95 bits per heavy atom. The lowest BCUT2D eigenvalue weighted by Gasteiger charge is -2.19. The van der Waals surface area contributed by atoms with Gasteiger partial charge < -0.3 is 16.0 Å². The van der Waals surface area contributed by atoms with Gasteiger partial charge in [0.05, 0.1) is 5.92 Å². The summed E-state index contributed by atoms with van der Waals surface area (Å²) >= 11 is 0. The largest absolute Gasteiger partial charge is 0.330 e. The van der Waals surface area contributed by atoms with E-state index in [4.69, 9.17) is 5.73 Å². The minimum Gasteiger partial charge on any atom is -0.330 e. The Hall–Kier alpha value is -1.39. The van der Waals surface area contributed by atoms with Crippen LogP contribution in [0.4, 0.5) is 5.69 Å². The molecule has 1 aromatic carbocycles. The van der Waals surface area contributed by atoms with E-state index >= 15 is 0 Å². The summed E-state index contributed by atoms with van der Waals surface area (Å²) in [6.45, 7) is 5.40. The third kappa shape index (κ3) is 5.31. The van der Waals surface area contributed by atoms with Gasteiger partial charge >= 0.3 is 0 Å². The van der Waals surface area contributed by atoms with Crippen LogP contribution in [0.3, 0.4) is 0 Å². The monoisotopic (exact) mass is 277 g/mol. The summed E-state index contributed by atoms with van der Waals surface area (Å²) in [6, 6.07) is 7.91. The molecule has 1 atom stereocenters. The van der Waals surface area contributed by atoms with E-state index in [1.807, 2.05) is 38.4 Å². The molecule has 20 heavy (non-hydrogen) atoms. The zero-order valence-corrected chi connectivity index (χ0v) is 13.0. The van der Waals surface area contributed by atoms with E-state index < -0.39 is 0 Å². The van der Waals surface area contributed by atoms with E-state index in [9.17, 15) is 4.79 Å². The maximum Gasteiger partial charge on any atom is 0.228 e. The molecule has 0 saturated heterocycles. The van der Waals surface area contributed by atoms with Crippen molar-refractivity contribution < 1.29 is 4.79 Å². The molecule has 0 aliphatic rings. The summed E-state index contributed by atoms with van der Waals surface area (Å²) in [5.74, 6) is 0.362. The summed E-state index contributed by atoms with van der Waals surface area (Å²) in [7, 11) is 4.03. The minimum atomic E-state index is -0.123. The first-order valence-electron chi connectivity index (χ1n) is 7.17. The van der Waals surface area contributed by atoms with Crippen LogP contribution in [0, 0.1) is 11.8 Å². The number of hydrogen-bond acceptors (Lipinski definition) is 3. The van der Waals surface area contributed by atoms with Gasteiger partial charge in [0.25, 0.3) is 0 Å². The average molecular weight is 277 g/mol. The third-order valence-corrected chi connectivity index (χ3v) is 3.17. The van der Waals surface area contributed by atoms with Crippen LogP contribution in [-0.2, 0) is 11.3 Å². The van der Waals surface area contributed by atoms with Gasteiger partial charge in [-0.05, 0) is 38.1 Å². The van der Waals surface area contributed by atoms with E-state index in [0.717, 1.165) is 24.2 Å². The predicted octanol–water partition coefficient (Wildman–Crippen LogP) is 2.31. The Kier molecular flexibility index (Phi) is 6.68. The topological polar surface area (TPSA) is 58.4 Å². The van der Waals surface area contributed by atoms with Crippen LogP contribution in [0.2, 0.25) is 0 Å². The lowest BCUT2D eigenvalue weighted by Crippen LogP contribution is -2.30. The highest BCUT2D eigenvalue weighted by molar-refractivity contribution is 5.93. The SMILES string of the molecule is CC(C)CC(CN)C(=O)Nc1ccccc1CN(C)C. The highest BCUT2D eigenvalue weighted by Gasteiger charge is 2.19. The van der Waals surface area contributed by atoms with Gasteiger partial charge in [-0.2, -0.15) is 0 Å². The van der Waals surface area contributed by atoms with Gasteiger partial charge in [0, 0.05) is 18.8 Å². The third-order valence-electron chi connectivity index (χ3n) is 3.17. The van der Waals surface area contributed by atoms with E-state index in [2.05, 4.69) is 24.1 Å². The maximum absolute atomic E-state index is 12.3. The standard InChI is InChI=1S/C16H27N3O/c1-12(2)9-14(10-17)16(20)18-15-8-6-5-7-13(15)11-19(3)4/h5-8,12,14H,9-11,17H2,1-4H3,(H,18,20). The number of carbonyl (C=O) groups excluding carboxylic acids is 1. The molecule has 0 aromatic heterocycles. The molecule has 0 bridgehead atoms. The number of carbonyl (C=O) groups is 1. The first-order valence-corrected chi connectivity index (χ1v) is 7.17. The number of benzene rings is 1. The highest BCUT2D eigenvalue weighted by atomic mass is 16.1. The lowest BCUT2D eigenvalue weighted by molar-refractivity contribution is -0.120. The Morgan fingerprint density at radius 3 is 2.50 bits per heavy atom. The zero-order chi connectivity index (χ0) is 15.1. The molecule has 0 aliphatic carbocycles. The molecule has 0 radical (unpaired) electrons. The van der Waals surface area contributed by atoms with Crippen LogP contribution in [0.25, 0.3) is 0 Å². The van der Waals surface area contributed by atoms with Gasteiger partial charge in [-0.3, -0.25) is 4.79 Å². The summed E-state index contributed by atoms with van der Waals surface area (Å²) in [5, 5.41) is 3.03. The number of nitrogens with one attached hydrogen (secondary N) is 1. The minimum absolute atomic E-state index is 0.0207. The van der Waals surface area contributed by atoms with E-state index in [0.29, 0.717) is 12.5 Å². The van der Waals surface area contributed by atoms with Gasteiger partial charge in [-0.25, -0.2) is 0 Å². The normalized spacial score (nSPS) is 12.8.